The van der Waals surface area contributed by atoms with Gasteiger partial charge in [0.05, 0.1) is 13.5 Å². The monoisotopic (exact) mass is 213 g/mol. The average molecular weight is 213 g/mol. The van der Waals surface area contributed by atoms with E-state index in [0.717, 1.165) is 18.8 Å². The number of methoxy groups -OCH3 is 1. The summed E-state index contributed by atoms with van der Waals surface area (Å²) in [7, 11) is 3.41. The lowest BCUT2D eigenvalue weighted by Gasteiger charge is -2.42. The Morgan fingerprint density at radius 3 is 2.60 bits per heavy atom. The first kappa shape index (κ1) is 12.5. The van der Waals surface area contributed by atoms with Crippen LogP contribution in [0.3, 0.4) is 0 Å². The van der Waals surface area contributed by atoms with E-state index in [1.54, 1.807) is 0 Å². The zero-order chi connectivity index (χ0) is 11.5. The quantitative estimate of drug-likeness (QED) is 0.728. The molecule has 1 rings (SSSR count). The van der Waals surface area contributed by atoms with Crippen LogP contribution in [0.4, 0.5) is 0 Å². The summed E-state index contributed by atoms with van der Waals surface area (Å²) in [4.78, 5) is 11.4. The van der Waals surface area contributed by atoms with Gasteiger partial charge >= 0.3 is 5.97 Å². The van der Waals surface area contributed by atoms with E-state index in [0.29, 0.717) is 12.3 Å². The number of ether oxygens (including phenoxy) is 1. The second-order valence-corrected chi connectivity index (χ2v) is 4.98. The standard InChI is InChI=1S/C12H23NO2/c1-9-5-6-12(13-3,7-10(9)2)8-11(14)15-4/h9-10,13H,5-8H2,1-4H3. The van der Waals surface area contributed by atoms with Crippen molar-refractivity contribution in [2.75, 3.05) is 14.2 Å². The highest BCUT2D eigenvalue weighted by Gasteiger charge is 2.38. The second-order valence-electron chi connectivity index (χ2n) is 4.98. The molecule has 0 aliphatic heterocycles. The molecule has 1 fully saturated rings. The van der Waals surface area contributed by atoms with Crippen LogP contribution in [-0.2, 0) is 9.53 Å². The third-order valence-electron chi connectivity index (χ3n) is 4.00. The minimum Gasteiger partial charge on any atom is -0.469 e. The fourth-order valence-electron chi connectivity index (χ4n) is 2.53. The first-order chi connectivity index (χ1) is 7.03. The highest BCUT2D eigenvalue weighted by molar-refractivity contribution is 5.70. The first-order valence-corrected chi connectivity index (χ1v) is 5.79. The van der Waals surface area contributed by atoms with Crippen molar-refractivity contribution < 1.29 is 9.53 Å². The Labute approximate surface area is 92.6 Å². The predicted molar refractivity (Wildman–Crippen MR) is 60.6 cm³/mol. The van der Waals surface area contributed by atoms with Gasteiger partial charge in [-0.25, -0.2) is 0 Å². The maximum absolute atomic E-state index is 11.4. The summed E-state index contributed by atoms with van der Waals surface area (Å²) >= 11 is 0. The number of carbonyl (C=O) groups excluding carboxylic acids is 1. The van der Waals surface area contributed by atoms with Crippen molar-refractivity contribution in [1.82, 2.24) is 5.32 Å². The molecule has 0 aromatic rings. The van der Waals surface area contributed by atoms with Gasteiger partial charge in [-0.3, -0.25) is 4.79 Å². The lowest BCUT2D eigenvalue weighted by molar-refractivity contribution is -0.143. The van der Waals surface area contributed by atoms with Gasteiger partial charge in [-0.2, -0.15) is 0 Å². The Morgan fingerprint density at radius 1 is 1.47 bits per heavy atom. The maximum atomic E-state index is 11.4. The van der Waals surface area contributed by atoms with Gasteiger partial charge in [0.2, 0.25) is 0 Å². The van der Waals surface area contributed by atoms with Crippen molar-refractivity contribution in [3.63, 3.8) is 0 Å². The van der Waals surface area contributed by atoms with Gasteiger partial charge in [0, 0.05) is 5.54 Å². The van der Waals surface area contributed by atoms with E-state index >= 15 is 0 Å². The molecular weight excluding hydrogens is 190 g/mol. The first-order valence-electron chi connectivity index (χ1n) is 5.79. The summed E-state index contributed by atoms with van der Waals surface area (Å²) < 4.78 is 4.76. The molecule has 15 heavy (non-hydrogen) atoms. The molecule has 1 N–H and O–H groups in total. The molecule has 1 aliphatic carbocycles. The van der Waals surface area contributed by atoms with E-state index in [2.05, 4.69) is 19.2 Å². The van der Waals surface area contributed by atoms with Crippen LogP contribution in [-0.4, -0.2) is 25.7 Å². The summed E-state index contributed by atoms with van der Waals surface area (Å²) in [5, 5.41) is 3.33. The largest absolute Gasteiger partial charge is 0.469 e. The van der Waals surface area contributed by atoms with Gasteiger partial charge in [0.1, 0.15) is 0 Å². The number of nitrogens with one attached hydrogen (secondary N) is 1. The predicted octanol–water partition coefficient (Wildman–Crippen LogP) is 1.96. The highest BCUT2D eigenvalue weighted by Crippen LogP contribution is 2.38. The van der Waals surface area contributed by atoms with Gasteiger partial charge < -0.3 is 10.1 Å². The summed E-state index contributed by atoms with van der Waals surface area (Å²) in [6, 6.07) is 0. The van der Waals surface area contributed by atoms with E-state index in [4.69, 9.17) is 4.74 Å². The van der Waals surface area contributed by atoms with E-state index in [1.165, 1.54) is 13.5 Å². The molecule has 1 saturated carbocycles. The van der Waals surface area contributed by atoms with Crippen molar-refractivity contribution in [2.45, 2.75) is 45.1 Å². The second kappa shape index (κ2) is 4.97. The molecule has 0 radical (unpaired) electrons. The molecule has 3 atom stereocenters. The van der Waals surface area contributed by atoms with Crippen LogP contribution in [0.15, 0.2) is 0 Å². The lowest BCUT2D eigenvalue weighted by atomic mass is 9.70. The van der Waals surface area contributed by atoms with Crippen molar-refractivity contribution in [1.29, 1.82) is 0 Å². The SMILES string of the molecule is CNC1(CC(=O)OC)CCC(C)C(C)C1. The Morgan fingerprint density at radius 2 is 2.13 bits per heavy atom. The molecule has 1 aliphatic rings. The Balaban J connectivity index is 2.65. The van der Waals surface area contributed by atoms with Crippen LogP contribution in [0.5, 0.6) is 0 Å². The number of hydrogen-bond acceptors (Lipinski definition) is 3. The molecule has 0 aromatic carbocycles. The van der Waals surface area contributed by atoms with Crippen LogP contribution in [0.25, 0.3) is 0 Å². The molecule has 0 saturated heterocycles. The van der Waals surface area contributed by atoms with E-state index in [-0.39, 0.29) is 11.5 Å². The van der Waals surface area contributed by atoms with Crippen molar-refractivity contribution in [3.05, 3.63) is 0 Å². The Kier molecular flexibility index (Phi) is 4.14. The minimum atomic E-state index is -0.105. The molecule has 0 aromatic heterocycles. The topological polar surface area (TPSA) is 38.3 Å². The summed E-state index contributed by atoms with van der Waals surface area (Å²) in [6.45, 7) is 4.57. The van der Waals surface area contributed by atoms with Crippen LogP contribution < -0.4 is 5.32 Å². The molecule has 0 amide bonds. The molecule has 0 spiro atoms. The third-order valence-corrected chi connectivity index (χ3v) is 4.00. The van der Waals surface area contributed by atoms with Gasteiger partial charge in [-0.1, -0.05) is 13.8 Å². The molecule has 0 bridgehead atoms. The molecule has 88 valence electrons. The van der Waals surface area contributed by atoms with E-state index < -0.39 is 0 Å². The maximum Gasteiger partial charge on any atom is 0.307 e. The van der Waals surface area contributed by atoms with Crippen LogP contribution in [0.2, 0.25) is 0 Å². The number of esters is 1. The molecule has 0 heterocycles. The Bertz CT molecular complexity index is 230. The number of hydrogen-bond donors (Lipinski definition) is 1. The molecule has 3 unspecified atom stereocenters. The molecule has 3 heteroatoms. The smallest absolute Gasteiger partial charge is 0.307 e. The van der Waals surface area contributed by atoms with Crippen molar-refractivity contribution >= 4 is 5.97 Å². The zero-order valence-corrected chi connectivity index (χ0v) is 10.3. The third kappa shape index (κ3) is 2.94. The van der Waals surface area contributed by atoms with Crippen LogP contribution in [0, 0.1) is 11.8 Å². The lowest BCUT2D eigenvalue weighted by Crippen LogP contribution is -2.49. The zero-order valence-electron chi connectivity index (χ0n) is 10.3. The number of rotatable bonds is 3. The fourth-order valence-corrected chi connectivity index (χ4v) is 2.53. The van der Waals surface area contributed by atoms with Gasteiger partial charge in [0.15, 0.2) is 0 Å². The van der Waals surface area contributed by atoms with Gasteiger partial charge in [-0.05, 0) is 38.1 Å². The summed E-state index contributed by atoms with van der Waals surface area (Å²) in [5.74, 6) is 1.34. The van der Waals surface area contributed by atoms with Crippen molar-refractivity contribution in [2.24, 2.45) is 11.8 Å². The van der Waals surface area contributed by atoms with E-state index in [1.807, 2.05) is 7.05 Å². The highest BCUT2D eigenvalue weighted by atomic mass is 16.5. The minimum absolute atomic E-state index is 0.0288. The van der Waals surface area contributed by atoms with Crippen LogP contribution >= 0.6 is 0 Å². The summed E-state index contributed by atoms with van der Waals surface area (Å²) in [5.41, 5.74) is -0.0288. The Hall–Kier alpha value is -0.570. The summed E-state index contributed by atoms with van der Waals surface area (Å²) in [6.07, 6.45) is 3.83. The average Bonchev–Trinajstić information content (AvgIpc) is 2.23. The van der Waals surface area contributed by atoms with Crippen molar-refractivity contribution in [3.8, 4) is 0 Å². The normalized spacial score (nSPS) is 36.3. The van der Waals surface area contributed by atoms with Gasteiger partial charge in [-0.15, -0.1) is 0 Å². The van der Waals surface area contributed by atoms with Gasteiger partial charge in [0.25, 0.3) is 0 Å². The molecular formula is C12H23NO2. The fraction of sp³-hybridized carbons (Fsp3) is 0.917. The van der Waals surface area contributed by atoms with Crippen LogP contribution in [0.1, 0.15) is 39.5 Å². The molecule has 3 nitrogen and oxygen atoms in total. The number of carbonyl (C=O) groups is 1. The van der Waals surface area contributed by atoms with E-state index in [9.17, 15) is 4.79 Å².